The monoisotopic (exact) mass is 336 g/mol. The number of esters is 1. The van der Waals surface area contributed by atoms with Crippen molar-refractivity contribution in [2.45, 2.75) is 6.92 Å². The summed E-state index contributed by atoms with van der Waals surface area (Å²) in [7, 11) is 0. The average Bonchev–Trinajstić information content (AvgIpc) is 3.13. The van der Waals surface area contributed by atoms with Gasteiger partial charge in [0.25, 0.3) is 5.91 Å². The largest absolute Gasteiger partial charge is 0.462 e. The quantitative estimate of drug-likeness (QED) is 0.698. The van der Waals surface area contributed by atoms with Crippen molar-refractivity contribution in [3.8, 4) is 11.3 Å². The van der Waals surface area contributed by atoms with Crippen LogP contribution in [0.25, 0.3) is 11.3 Å². The molecule has 0 aliphatic heterocycles. The molecule has 3 aromatic rings. The number of nitrogens with zero attached hydrogens (tertiary/aromatic N) is 2. The Morgan fingerprint density at radius 3 is 2.68 bits per heavy atom. The van der Waals surface area contributed by atoms with Crippen LogP contribution in [0.3, 0.4) is 0 Å². The van der Waals surface area contributed by atoms with E-state index < -0.39 is 5.97 Å². The fourth-order valence-corrected chi connectivity index (χ4v) is 2.20. The van der Waals surface area contributed by atoms with Crippen LogP contribution in [-0.2, 0) is 4.74 Å². The molecule has 7 heteroatoms. The number of H-pyrrole nitrogens is 1. The van der Waals surface area contributed by atoms with Crippen LogP contribution >= 0.6 is 0 Å². The van der Waals surface area contributed by atoms with Crippen molar-refractivity contribution in [2.24, 2.45) is 0 Å². The molecule has 0 saturated heterocycles. The van der Waals surface area contributed by atoms with Gasteiger partial charge in [0.1, 0.15) is 5.69 Å². The smallest absolute Gasteiger partial charge is 0.338 e. The van der Waals surface area contributed by atoms with Crippen molar-refractivity contribution in [2.75, 3.05) is 11.9 Å². The minimum atomic E-state index is -0.393. The van der Waals surface area contributed by atoms with Crippen molar-refractivity contribution in [3.63, 3.8) is 0 Å². The molecule has 25 heavy (non-hydrogen) atoms. The number of benzene rings is 1. The third-order valence-electron chi connectivity index (χ3n) is 3.43. The van der Waals surface area contributed by atoms with Gasteiger partial charge < -0.3 is 10.1 Å². The molecular formula is C18H16N4O3. The molecule has 2 heterocycles. The van der Waals surface area contributed by atoms with Gasteiger partial charge in [0.05, 0.1) is 17.9 Å². The fraction of sp³-hybridized carbons (Fsp3) is 0.111. The maximum absolute atomic E-state index is 12.3. The van der Waals surface area contributed by atoms with Crippen molar-refractivity contribution >= 4 is 17.6 Å². The molecule has 2 aromatic heterocycles. The van der Waals surface area contributed by atoms with Crippen molar-refractivity contribution in [3.05, 3.63) is 66.1 Å². The number of anilines is 1. The number of nitrogens with one attached hydrogen (secondary N) is 2. The number of hydrogen-bond acceptors (Lipinski definition) is 5. The zero-order chi connectivity index (χ0) is 17.6. The van der Waals surface area contributed by atoms with Crippen LogP contribution in [0, 0.1) is 0 Å². The first kappa shape index (κ1) is 16.4. The Hall–Kier alpha value is -3.48. The molecule has 0 aliphatic rings. The molecule has 1 aromatic carbocycles. The first-order chi connectivity index (χ1) is 12.2. The average molecular weight is 336 g/mol. The van der Waals surface area contributed by atoms with Gasteiger partial charge in [-0.25, -0.2) is 4.79 Å². The molecular weight excluding hydrogens is 320 g/mol. The van der Waals surface area contributed by atoms with Crippen LogP contribution < -0.4 is 5.32 Å². The SMILES string of the molecule is CCOC(=O)c1ccc(NC(=O)c2cc(-c3cccnc3)n[nH]2)cc1. The minimum absolute atomic E-state index is 0.316. The summed E-state index contributed by atoms with van der Waals surface area (Å²) in [6.07, 6.45) is 3.34. The summed E-state index contributed by atoms with van der Waals surface area (Å²) in [5.41, 5.74) is 2.77. The second-order valence-corrected chi connectivity index (χ2v) is 5.16. The zero-order valence-corrected chi connectivity index (χ0v) is 13.5. The first-order valence-corrected chi connectivity index (χ1v) is 7.71. The lowest BCUT2D eigenvalue weighted by atomic mass is 10.2. The maximum Gasteiger partial charge on any atom is 0.338 e. The number of aromatic nitrogens is 3. The van der Waals surface area contributed by atoms with Crippen molar-refractivity contribution < 1.29 is 14.3 Å². The van der Waals surface area contributed by atoms with Gasteiger partial charge in [-0.1, -0.05) is 0 Å². The van der Waals surface area contributed by atoms with Crippen LogP contribution in [0.4, 0.5) is 5.69 Å². The molecule has 0 saturated carbocycles. The Kier molecular flexibility index (Phi) is 4.84. The molecule has 0 radical (unpaired) electrons. The number of aromatic amines is 1. The third-order valence-corrected chi connectivity index (χ3v) is 3.43. The molecule has 0 atom stereocenters. The van der Waals surface area contributed by atoms with E-state index in [2.05, 4.69) is 20.5 Å². The first-order valence-electron chi connectivity index (χ1n) is 7.71. The summed E-state index contributed by atoms with van der Waals surface area (Å²) in [6, 6.07) is 11.8. The molecule has 3 rings (SSSR count). The lowest BCUT2D eigenvalue weighted by Gasteiger charge is -2.05. The van der Waals surface area contributed by atoms with Gasteiger partial charge in [-0.2, -0.15) is 5.10 Å². The standard InChI is InChI=1S/C18H16N4O3/c1-2-25-18(24)12-5-7-14(8-6-12)20-17(23)16-10-15(21-22-16)13-4-3-9-19-11-13/h3-11H,2H2,1H3,(H,20,23)(H,21,22). The van der Waals surface area contributed by atoms with E-state index in [4.69, 9.17) is 4.74 Å². The van der Waals surface area contributed by atoms with Crippen LogP contribution in [-0.4, -0.2) is 33.7 Å². The molecule has 0 fully saturated rings. The van der Waals surface area contributed by atoms with Gasteiger partial charge >= 0.3 is 5.97 Å². The van der Waals surface area contributed by atoms with E-state index in [9.17, 15) is 9.59 Å². The molecule has 0 bridgehead atoms. The Morgan fingerprint density at radius 1 is 1.20 bits per heavy atom. The highest BCUT2D eigenvalue weighted by Crippen LogP contribution is 2.17. The second-order valence-electron chi connectivity index (χ2n) is 5.16. The summed E-state index contributed by atoms with van der Waals surface area (Å²) in [5.74, 6) is -0.721. The van der Waals surface area contributed by atoms with Gasteiger partial charge in [0.15, 0.2) is 0 Å². The summed E-state index contributed by atoms with van der Waals surface area (Å²) >= 11 is 0. The van der Waals surface area contributed by atoms with Gasteiger partial charge in [-0.3, -0.25) is 14.9 Å². The number of pyridine rings is 1. The van der Waals surface area contributed by atoms with Crippen LogP contribution in [0.15, 0.2) is 54.9 Å². The molecule has 0 unspecified atom stereocenters. The topological polar surface area (TPSA) is 97.0 Å². The molecule has 0 spiro atoms. The number of carbonyl (C=O) groups is 2. The summed E-state index contributed by atoms with van der Waals surface area (Å²) in [5, 5.41) is 9.57. The maximum atomic E-state index is 12.3. The Bertz CT molecular complexity index is 873. The predicted octanol–water partition coefficient (Wildman–Crippen LogP) is 2.90. The Labute approximate surface area is 144 Å². The van der Waals surface area contributed by atoms with Crippen molar-refractivity contribution in [1.29, 1.82) is 0 Å². The number of hydrogen-bond donors (Lipinski definition) is 2. The zero-order valence-electron chi connectivity index (χ0n) is 13.5. The number of amides is 1. The lowest BCUT2D eigenvalue weighted by Crippen LogP contribution is -2.12. The molecule has 0 aliphatic carbocycles. The molecule has 2 N–H and O–H groups in total. The fourth-order valence-electron chi connectivity index (χ4n) is 2.20. The number of ether oxygens (including phenoxy) is 1. The van der Waals surface area contributed by atoms with E-state index in [-0.39, 0.29) is 5.91 Å². The number of carbonyl (C=O) groups excluding carboxylic acids is 2. The van der Waals surface area contributed by atoms with E-state index >= 15 is 0 Å². The van der Waals surface area contributed by atoms with E-state index in [1.165, 1.54) is 0 Å². The molecule has 7 nitrogen and oxygen atoms in total. The van der Waals surface area contributed by atoms with Gasteiger partial charge in [0.2, 0.25) is 0 Å². The van der Waals surface area contributed by atoms with Gasteiger partial charge in [-0.15, -0.1) is 0 Å². The van der Waals surface area contributed by atoms with E-state index in [1.807, 2.05) is 6.07 Å². The number of rotatable bonds is 5. The van der Waals surface area contributed by atoms with Crippen molar-refractivity contribution in [1.82, 2.24) is 15.2 Å². The van der Waals surface area contributed by atoms with E-state index in [0.717, 1.165) is 5.56 Å². The minimum Gasteiger partial charge on any atom is -0.462 e. The van der Waals surface area contributed by atoms with E-state index in [0.29, 0.717) is 29.2 Å². The van der Waals surface area contributed by atoms with Crippen LogP contribution in [0.2, 0.25) is 0 Å². The van der Waals surface area contributed by atoms with Crippen LogP contribution in [0.5, 0.6) is 0 Å². The normalized spacial score (nSPS) is 10.3. The Morgan fingerprint density at radius 2 is 2.00 bits per heavy atom. The predicted molar refractivity (Wildman–Crippen MR) is 92.2 cm³/mol. The Balaban J connectivity index is 1.68. The summed E-state index contributed by atoms with van der Waals surface area (Å²) in [6.45, 7) is 2.06. The second kappa shape index (κ2) is 7.39. The summed E-state index contributed by atoms with van der Waals surface area (Å²) in [4.78, 5) is 27.9. The van der Waals surface area contributed by atoms with Crippen LogP contribution in [0.1, 0.15) is 27.8 Å². The summed E-state index contributed by atoms with van der Waals surface area (Å²) < 4.78 is 4.92. The van der Waals surface area contributed by atoms with Gasteiger partial charge in [0, 0.05) is 23.6 Å². The highest BCUT2D eigenvalue weighted by atomic mass is 16.5. The molecule has 126 valence electrons. The lowest BCUT2D eigenvalue weighted by molar-refractivity contribution is 0.0526. The third kappa shape index (κ3) is 3.89. The highest BCUT2D eigenvalue weighted by molar-refractivity contribution is 6.03. The van der Waals surface area contributed by atoms with Gasteiger partial charge in [-0.05, 0) is 49.4 Å². The molecule has 1 amide bonds. The highest BCUT2D eigenvalue weighted by Gasteiger charge is 2.12. The van der Waals surface area contributed by atoms with E-state index in [1.54, 1.807) is 55.7 Å².